The minimum absolute atomic E-state index is 0.00429. The van der Waals surface area contributed by atoms with Gasteiger partial charge in [-0.2, -0.15) is 0 Å². The lowest BCUT2D eigenvalue weighted by Gasteiger charge is -2.39. The number of aryl methyl sites for hydroxylation is 2. The fraction of sp³-hybridized carbons (Fsp3) is 0.630. The maximum absolute atomic E-state index is 13.2. The molecule has 8 heteroatoms. The van der Waals surface area contributed by atoms with Crippen molar-refractivity contribution in [2.75, 3.05) is 6.61 Å². The average Bonchev–Trinajstić information content (AvgIpc) is 3.54. The number of aromatic amines is 1. The van der Waals surface area contributed by atoms with Gasteiger partial charge in [-0.25, -0.2) is 4.68 Å². The van der Waals surface area contributed by atoms with Crippen molar-refractivity contribution in [2.24, 2.45) is 0 Å². The van der Waals surface area contributed by atoms with Crippen LogP contribution in [0.4, 0.5) is 0 Å². The second-order valence-electron chi connectivity index (χ2n) is 10.4. The zero-order valence-corrected chi connectivity index (χ0v) is 21.3. The number of rotatable bonds is 8. The van der Waals surface area contributed by atoms with Crippen molar-refractivity contribution < 1.29 is 4.74 Å². The number of nitrogens with one attached hydrogen (secondary N) is 1. The molecular weight excluding hydrogens is 440 g/mol. The van der Waals surface area contributed by atoms with Crippen molar-refractivity contribution in [3.05, 3.63) is 51.1 Å². The molecule has 3 aromatic rings. The van der Waals surface area contributed by atoms with E-state index in [2.05, 4.69) is 64.4 Å². The fourth-order valence-electron chi connectivity index (χ4n) is 5.87. The predicted molar refractivity (Wildman–Crippen MR) is 136 cm³/mol. The van der Waals surface area contributed by atoms with E-state index in [0.717, 1.165) is 61.0 Å². The van der Waals surface area contributed by atoms with Gasteiger partial charge in [0.25, 0.3) is 5.56 Å². The Morgan fingerprint density at radius 3 is 2.66 bits per heavy atom. The standard InChI is InChI=1S/C27H38N6O2/c1-4-25(26-29-30-31-33(26)17-23-11-8-12-35-23)32(22-9-6-5-7-10-22)16-21-15-20-13-18(2)19(3)14-24(20)28-27(21)34/h13-15,22-23,25H,4-12,16-17H2,1-3H3,(H,28,34)/t23-,25+/m0/s1. The molecule has 2 aromatic heterocycles. The molecule has 188 valence electrons. The number of ether oxygens (including phenoxy) is 1. The Hall–Kier alpha value is -2.58. The van der Waals surface area contributed by atoms with Crippen LogP contribution in [0.2, 0.25) is 0 Å². The number of H-pyrrole nitrogens is 1. The van der Waals surface area contributed by atoms with Gasteiger partial charge in [0.1, 0.15) is 0 Å². The number of benzene rings is 1. The summed E-state index contributed by atoms with van der Waals surface area (Å²) in [7, 11) is 0. The van der Waals surface area contributed by atoms with Gasteiger partial charge in [0.15, 0.2) is 5.82 Å². The van der Waals surface area contributed by atoms with Gasteiger partial charge in [0.2, 0.25) is 0 Å². The third-order valence-electron chi connectivity index (χ3n) is 7.98. The summed E-state index contributed by atoms with van der Waals surface area (Å²) in [6.45, 7) is 8.49. The van der Waals surface area contributed by atoms with Crippen LogP contribution in [0.5, 0.6) is 0 Å². The van der Waals surface area contributed by atoms with E-state index in [1.54, 1.807) is 0 Å². The highest BCUT2D eigenvalue weighted by Gasteiger charge is 2.32. The zero-order valence-electron chi connectivity index (χ0n) is 21.3. The Morgan fingerprint density at radius 2 is 1.91 bits per heavy atom. The van der Waals surface area contributed by atoms with Crippen LogP contribution in [0.1, 0.15) is 86.8 Å². The monoisotopic (exact) mass is 478 g/mol. The Bertz CT molecular complexity index is 1210. The number of tetrazole rings is 1. The Balaban J connectivity index is 1.49. The number of hydrogen-bond acceptors (Lipinski definition) is 6. The maximum atomic E-state index is 13.2. The maximum Gasteiger partial charge on any atom is 0.252 e. The highest BCUT2D eigenvalue weighted by Crippen LogP contribution is 2.33. The lowest BCUT2D eigenvalue weighted by Crippen LogP contribution is -2.41. The third kappa shape index (κ3) is 5.19. The molecule has 1 saturated carbocycles. The van der Waals surface area contributed by atoms with E-state index in [1.165, 1.54) is 30.4 Å². The molecular formula is C27H38N6O2. The largest absolute Gasteiger partial charge is 0.376 e. The molecule has 2 atom stereocenters. The van der Waals surface area contributed by atoms with Gasteiger partial charge in [-0.3, -0.25) is 9.69 Å². The fourth-order valence-corrected chi connectivity index (χ4v) is 5.87. The van der Waals surface area contributed by atoms with Gasteiger partial charge in [0, 0.05) is 30.3 Å². The van der Waals surface area contributed by atoms with Crippen LogP contribution in [0, 0.1) is 13.8 Å². The van der Waals surface area contributed by atoms with E-state index in [-0.39, 0.29) is 17.7 Å². The van der Waals surface area contributed by atoms with Crippen molar-refractivity contribution in [3.63, 3.8) is 0 Å². The van der Waals surface area contributed by atoms with E-state index in [4.69, 9.17) is 4.74 Å². The van der Waals surface area contributed by atoms with Crippen molar-refractivity contribution in [2.45, 2.75) is 103 Å². The lowest BCUT2D eigenvalue weighted by atomic mass is 9.92. The Labute approximate surface area is 207 Å². The molecule has 35 heavy (non-hydrogen) atoms. The summed E-state index contributed by atoms with van der Waals surface area (Å²) in [6, 6.07) is 6.79. The summed E-state index contributed by atoms with van der Waals surface area (Å²) >= 11 is 0. The molecule has 0 bridgehead atoms. The van der Waals surface area contributed by atoms with E-state index in [0.29, 0.717) is 19.1 Å². The summed E-state index contributed by atoms with van der Waals surface area (Å²) in [5.74, 6) is 0.886. The van der Waals surface area contributed by atoms with Crippen molar-refractivity contribution in [1.82, 2.24) is 30.1 Å². The van der Waals surface area contributed by atoms with Crippen molar-refractivity contribution in [3.8, 4) is 0 Å². The summed E-state index contributed by atoms with van der Waals surface area (Å²) in [5.41, 5.74) is 4.13. The van der Waals surface area contributed by atoms with Crippen LogP contribution in [0.3, 0.4) is 0 Å². The van der Waals surface area contributed by atoms with E-state index < -0.39 is 0 Å². The predicted octanol–water partition coefficient (Wildman–Crippen LogP) is 4.60. The minimum Gasteiger partial charge on any atom is -0.376 e. The second-order valence-corrected chi connectivity index (χ2v) is 10.4. The molecule has 1 N–H and O–H groups in total. The number of hydrogen-bond donors (Lipinski definition) is 1. The van der Waals surface area contributed by atoms with Crippen molar-refractivity contribution >= 4 is 10.9 Å². The summed E-state index contributed by atoms with van der Waals surface area (Å²) < 4.78 is 7.81. The number of fused-ring (bicyclic) bond motifs is 1. The molecule has 2 fully saturated rings. The topological polar surface area (TPSA) is 88.9 Å². The Morgan fingerprint density at radius 1 is 1.11 bits per heavy atom. The normalized spacial score (nSPS) is 20.2. The van der Waals surface area contributed by atoms with Gasteiger partial charge in [-0.15, -0.1) is 5.10 Å². The molecule has 0 radical (unpaired) electrons. The van der Waals surface area contributed by atoms with Gasteiger partial charge in [0.05, 0.1) is 18.7 Å². The molecule has 1 aliphatic carbocycles. The van der Waals surface area contributed by atoms with Crippen LogP contribution in [0.25, 0.3) is 10.9 Å². The summed E-state index contributed by atoms with van der Waals surface area (Å²) in [4.78, 5) is 18.8. The number of pyridine rings is 1. The van der Waals surface area contributed by atoms with Crippen LogP contribution < -0.4 is 5.56 Å². The summed E-state index contributed by atoms with van der Waals surface area (Å²) in [5, 5.41) is 14.0. The highest BCUT2D eigenvalue weighted by molar-refractivity contribution is 5.80. The molecule has 1 aliphatic heterocycles. The molecule has 1 saturated heterocycles. The number of nitrogens with zero attached hydrogens (tertiary/aromatic N) is 5. The first-order chi connectivity index (χ1) is 17.0. The van der Waals surface area contributed by atoms with Crippen LogP contribution in [-0.4, -0.2) is 48.8 Å². The highest BCUT2D eigenvalue weighted by atomic mass is 16.5. The molecule has 0 unspecified atom stereocenters. The number of aromatic nitrogens is 5. The quantitative estimate of drug-likeness (QED) is 0.509. The van der Waals surface area contributed by atoms with E-state index in [9.17, 15) is 4.79 Å². The molecule has 2 aliphatic rings. The van der Waals surface area contributed by atoms with Crippen LogP contribution in [0.15, 0.2) is 23.0 Å². The molecule has 3 heterocycles. The molecule has 5 rings (SSSR count). The first kappa shape index (κ1) is 24.1. The van der Waals surface area contributed by atoms with Crippen LogP contribution in [-0.2, 0) is 17.8 Å². The van der Waals surface area contributed by atoms with Gasteiger partial charge >= 0.3 is 0 Å². The molecule has 8 nitrogen and oxygen atoms in total. The van der Waals surface area contributed by atoms with Gasteiger partial charge < -0.3 is 9.72 Å². The first-order valence-corrected chi connectivity index (χ1v) is 13.3. The molecule has 0 amide bonds. The molecule has 0 spiro atoms. The average molecular weight is 479 g/mol. The van der Waals surface area contributed by atoms with Crippen LogP contribution >= 0.6 is 0 Å². The lowest BCUT2D eigenvalue weighted by molar-refractivity contribution is 0.0734. The first-order valence-electron chi connectivity index (χ1n) is 13.3. The zero-order chi connectivity index (χ0) is 24.4. The SMILES string of the molecule is CC[C@H](c1nnnn1C[C@@H]1CCCO1)N(Cc1cc2cc(C)c(C)cc2[nH]c1=O)C1CCCCC1. The molecule has 1 aromatic carbocycles. The second kappa shape index (κ2) is 10.6. The van der Waals surface area contributed by atoms with Gasteiger partial charge in [-0.05, 0) is 91.1 Å². The summed E-state index contributed by atoms with van der Waals surface area (Å²) in [6.07, 6.45) is 9.23. The third-order valence-corrected chi connectivity index (χ3v) is 7.98. The van der Waals surface area contributed by atoms with E-state index >= 15 is 0 Å². The van der Waals surface area contributed by atoms with Crippen molar-refractivity contribution in [1.29, 1.82) is 0 Å². The minimum atomic E-state index is -0.00429. The van der Waals surface area contributed by atoms with E-state index in [1.807, 2.05) is 4.68 Å². The Kier molecular flexibility index (Phi) is 7.29. The smallest absolute Gasteiger partial charge is 0.252 e. The van der Waals surface area contributed by atoms with Gasteiger partial charge in [-0.1, -0.05) is 26.2 Å².